The molecule has 0 aromatic carbocycles. The molecule has 72 valence electrons. The number of rotatable bonds is 2. The molecular formula is C9H8N2O3. The number of aliphatic carboxylic acids is 1. The molecule has 0 radical (unpaired) electrons. The molecule has 0 amide bonds. The van der Waals surface area contributed by atoms with Crippen molar-refractivity contribution >= 4 is 11.5 Å². The van der Waals surface area contributed by atoms with E-state index in [1.165, 1.54) is 12.3 Å². The minimum absolute atomic E-state index is 0.0941. The van der Waals surface area contributed by atoms with Gasteiger partial charge >= 0.3 is 5.97 Å². The summed E-state index contributed by atoms with van der Waals surface area (Å²) in [5.41, 5.74) is 0.517. The third-order valence-electron chi connectivity index (χ3n) is 1.93. The highest BCUT2D eigenvalue weighted by Crippen LogP contribution is 2.18. The minimum Gasteiger partial charge on any atom is -0.506 e. The van der Waals surface area contributed by atoms with E-state index in [4.69, 9.17) is 5.11 Å². The Morgan fingerprint density at radius 3 is 3.07 bits per heavy atom. The standard InChI is InChI=1S/C9H8N2O3/c12-7-2-1-3-11-6(7)5-10-8(11)4-9(13)14/h1-3,5,12H,4H2,(H,13,14). The summed E-state index contributed by atoms with van der Waals surface area (Å²) in [6.07, 6.45) is 2.96. The lowest BCUT2D eigenvalue weighted by atomic mass is 10.3. The van der Waals surface area contributed by atoms with E-state index in [1.807, 2.05) is 0 Å². The van der Waals surface area contributed by atoms with Gasteiger partial charge in [-0.25, -0.2) is 4.98 Å². The van der Waals surface area contributed by atoms with Crippen molar-refractivity contribution in [2.24, 2.45) is 0 Å². The molecule has 0 aliphatic rings. The van der Waals surface area contributed by atoms with E-state index in [0.29, 0.717) is 11.3 Å². The normalized spacial score (nSPS) is 10.6. The Kier molecular flexibility index (Phi) is 1.85. The summed E-state index contributed by atoms with van der Waals surface area (Å²) in [4.78, 5) is 14.4. The van der Waals surface area contributed by atoms with Gasteiger partial charge in [-0.15, -0.1) is 0 Å². The second kappa shape index (κ2) is 3.02. The lowest BCUT2D eigenvalue weighted by Crippen LogP contribution is -2.04. The van der Waals surface area contributed by atoms with Gasteiger partial charge in [0.1, 0.15) is 23.5 Å². The van der Waals surface area contributed by atoms with E-state index in [-0.39, 0.29) is 12.2 Å². The molecule has 2 N–H and O–H groups in total. The third-order valence-corrected chi connectivity index (χ3v) is 1.93. The summed E-state index contributed by atoms with van der Waals surface area (Å²) in [6.45, 7) is 0. The average Bonchev–Trinajstić information content (AvgIpc) is 2.49. The van der Waals surface area contributed by atoms with Crippen molar-refractivity contribution in [2.45, 2.75) is 6.42 Å². The van der Waals surface area contributed by atoms with Crippen LogP contribution in [0, 0.1) is 0 Å². The maximum absolute atomic E-state index is 10.5. The van der Waals surface area contributed by atoms with Gasteiger partial charge in [0, 0.05) is 6.20 Å². The van der Waals surface area contributed by atoms with E-state index in [0.717, 1.165) is 0 Å². The maximum Gasteiger partial charge on any atom is 0.311 e. The zero-order chi connectivity index (χ0) is 10.1. The summed E-state index contributed by atoms with van der Waals surface area (Å²) in [5, 5.41) is 18.0. The monoisotopic (exact) mass is 192 g/mol. The van der Waals surface area contributed by atoms with Gasteiger partial charge in [0.15, 0.2) is 0 Å². The van der Waals surface area contributed by atoms with Crippen LogP contribution in [0.25, 0.3) is 5.52 Å². The minimum atomic E-state index is -0.944. The molecular weight excluding hydrogens is 184 g/mol. The number of pyridine rings is 1. The highest BCUT2D eigenvalue weighted by Gasteiger charge is 2.09. The molecule has 0 unspecified atom stereocenters. The molecule has 2 rings (SSSR count). The Labute approximate surface area is 79.2 Å². The van der Waals surface area contributed by atoms with Crippen LogP contribution in [-0.4, -0.2) is 25.6 Å². The van der Waals surface area contributed by atoms with Gasteiger partial charge in [0.2, 0.25) is 0 Å². The fourth-order valence-corrected chi connectivity index (χ4v) is 1.33. The Morgan fingerprint density at radius 1 is 1.57 bits per heavy atom. The number of aromatic nitrogens is 2. The van der Waals surface area contributed by atoms with Crippen LogP contribution in [0.15, 0.2) is 24.5 Å². The number of imidazole rings is 1. The SMILES string of the molecule is O=C(O)Cc1ncc2c(O)cccn12. The van der Waals surface area contributed by atoms with Crippen LogP contribution in [0.4, 0.5) is 0 Å². The van der Waals surface area contributed by atoms with Gasteiger partial charge < -0.3 is 10.2 Å². The zero-order valence-corrected chi connectivity index (χ0v) is 7.21. The van der Waals surface area contributed by atoms with E-state index in [9.17, 15) is 9.90 Å². The number of nitrogens with zero attached hydrogens (tertiary/aromatic N) is 2. The molecule has 14 heavy (non-hydrogen) atoms. The quantitative estimate of drug-likeness (QED) is 0.733. The fraction of sp³-hybridized carbons (Fsp3) is 0.111. The number of carbonyl (C=O) groups is 1. The fourth-order valence-electron chi connectivity index (χ4n) is 1.33. The molecule has 0 aliphatic carbocycles. The molecule has 2 aromatic heterocycles. The molecule has 5 heteroatoms. The van der Waals surface area contributed by atoms with Crippen molar-refractivity contribution in [3.8, 4) is 5.75 Å². The topological polar surface area (TPSA) is 74.8 Å². The predicted octanol–water partition coefficient (Wildman–Crippen LogP) is 0.667. The summed E-state index contributed by atoms with van der Waals surface area (Å²) >= 11 is 0. The highest BCUT2D eigenvalue weighted by molar-refractivity contribution is 5.70. The lowest BCUT2D eigenvalue weighted by molar-refractivity contribution is -0.136. The summed E-state index contributed by atoms with van der Waals surface area (Å²) in [7, 11) is 0. The highest BCUT2D eigenvalue weighted by atomic mass is 16.4. The predicted molar refractivity (Wildman–Crippen MR) is 48.2 cm³/mol. The van der Waals surface area contributed by atoms with Crippen LogP contribution < -0.4 is 0 Å². The van der Waals surface area contributed by atoms with Crippen molar-refractivity contribution in [1.29, 1.82) is 0 Å². The number of carboxylic acid groups (broad SMARTS) is 1. The summed E-state index contributed by atoms with van der Waals surface area (Å²) in [5.74, 6) is -0.444. The molecule has 0 spiro atoms. The molecule has 0 bridgehead atoms. The zero-order valence-electron chi connectivity index (χ0n) is 7.21. The Bertz CT molecular complexity index is 490. The molecule has 0 fully saturated rings. The van der Waals surface area contributed by atoms with Crippen molar-refractivity contribution in [3.05, 3.63) is 30.4 Å². The van der Waals surface area contributed by atoms with Gasteiger partial charge in [0.25, 0.3) is 0 Å². The number of hydrogen-bond donors (Lipinski definition) is 2. The van der Waals surface area contributed by atoms with Gasteiger partial charge in [-0.3, -0.25) is 9.20 Å². The second-order valence-corrected chi connectivity index (χ2v) is 2.89. The van der Waals surface area contributed by atoms with Gasteiger partial charge in [0.05, 0.1) is 6.20 Å². The summed E-state index contributed by atoms with van der Waals surface area (Å²) < 4.78 is 1.56. The first-order chi connectivity index (χ1) is 6.68. The molecule has 2 aromatic rings. The van der Waals surface area contributed by atoms with Crippen LogP contribution in [0.3, 0.4) is 0 Å². The van der Waals surface area contributed by atoms with Crippen LogP contribution >= 0.6 is 0 Å². The van der Waals surface area contributed by atoms with E-state index < -0.39 is 5.97 Å². The first-order valence-corrected chi connectivity index (χ1v) is 4.04. The smallest absolute Gasteiger partial charge is 0.311 e. The molecule has 0 atom stereocenters. The van der Waals surface area contributed by atoms with Crippen LogP contribution in [0.5, 0.6) is 5.75 Å². The van der Waals surface area contributed by atoms with Crippen LogP contribution in [0.1, 0.15) is 5.82 Å². The maximum atomic E-state index is 10.5. The molecule has 0 aliphatic heterocycles. The van der Waals surface area contributed by atoms with E-state index in [1.54, 1.807) is 16.7 Å². The molecule has 0 saturated carbocycles. The molecule has 2 heterocycles. The summed E-state index contributed by atoms with van der Waals surface area (Å²) in [6, 6.07) is 3.16. The Balaban J connectivity index is 2.58. The number of aromatic hydroxyl groups is 1. The number of fused-ring (bicyclic) bond motifs is 1. The Hall–Kier alpha value is -2.04. The van der Waals surface area contributed by atoms with Crippen molar-refractivity contribution < 1.29 is 15.0 Å². The average molecular weight is 192 g/mol. The largest absolute Gasteiger partial charge is 0.506 e. The molecule has 0 saturated heterocycles. The lowest BCUT2D eigenvalue weighted by Gasteiger charge is -1.98. The second-order valence-electron chi connectivity index (χ2n) is 2.89. The Morgan fingerprint density at radius 2 is 2.36 bits per heavy atom. The van der Waals surface area contributed by atoms with Crippen LogP contribution in [0.2, 0.25) is 0 Å². The third kappa shape index (κ3) is 1.28. The van der Waals surface area contributed by atoms with E-state index >= 15 is 0 Å². The van der Waals surface area contributed by atoms with Crippen molar-refractivity contribution in [3.63, 3.8) is 0 Å². The van der Waals surface area contributed by atoms with Gasteiger partial charge in [-0.05, 0) is 12.1 Å². The number of carboxylic acids is 1. The van der Waals surface area contributed by atoms with Gasteiger partial charge in [-0.1, -0.05) is 0 Å². The number of hydrogen-bond acceptors (Lipinski definition) is 3. The first-order valence-electron chi connectivity index (χ1n) is 4.04. The van der Waals surface area contributed by atoms with E-state index in [2.05, 4.69) is 4.98 Å². The van der Waals surface area contributed by atoms with Crippen LogP contribution in [-0.2, 0) is 11.2 Å². The van der Waals surface area contributed by atoms with Crippen molar-refractivity contribution in [1.82, 2.24) is 9.38 Å². The van der Waals surface area contributed by atoms with Gasteiger partial charge in [-0.2, -0.15) is 0 Å². The van der Waals surface area contributed by atoms with Crippen molar-refractivity contribution in [2.75, 3.05) is 0 Å². The first kappa shape index (κ1) is 8.55. The molecule has 5 nitrogen and oxygen atoms in total.